The molecule has 3 nitrogen and oxygen atoms in total. The number of halogens is 1. The molecule has 1 atom stereocenters. The Balaban J connectivity index is 2.35. The maximum atomic E-state index is 11.4. The number of amides is 1. The highest BCUT2D eigenvalue weighted by molar-refractivity contribution is 14.1. The SMILES string of the molecule is CC(C)(C)C(I)OC(=O)N1CCC1. The number of rotatable bonds is 1. The second-order valence-electron chi connectivity index (χ2n) is 4.41. The lowest BCUT2D eigenvalue weighted by Crippen LogP contribution is -2.44. The van der Waals surface area contributed by atoms with Crippen molar-refractivity contribution in [3.05, 3.63) is 0 Å². The Morgan fingerprint density at radius 1 is 1.46 bits per heavy atom. The third kappa shape index (κ3) is 3.00. The Labute approximate surface area is 92.9 Å². The van der Waals surface area contributed by atoms with E-state index in [0.29, 0.717) is 0 Å². The molecule has 1 aliphatic rings. The monoisotopic (exact) mass is 297 g/mol. The minimum atomic E-state index is -0.166. The molecule has 1 aliphatic heterocycles. The molecule has 0 radical (unpaired) electrons. The third-order valence-electron chi connectivity index (χ3n) is 2.00. The van der Waals surface area contributed by atoms with Gasteiger partial charge in [-0.3, -0.25) is 0 Å². The van der Waals surface area contributed by atoms with Crippen LogP contribution >= 0.6 is 22.6 Å². The number of ether oxygens (including phenoxy) is 1. The Hall–Kier alpha value is 0. The summed E-state index contributed by atoms with van der Waals surface area (Å²) >= 11 is 2.17. The Kier molecular flexibility index (Phi) is 3.43. The molecule has 0 saturated carbocycles. The van der Waals surface area contributed by atoms with Crippen LogP contribution in [0.25, 0.3) is 0 Å². The van der Waals surface area contributed by atoms with Gasteiger partial charge in [-0.1, -0.05) is 20.8 Å². The number of nitrogens with zero attached hydrogens (tertiary/aromatic N) is 1. The van der Waals surface area contributed by atoms with Crippen LogP contribution in [-0.4, -0.2) is 28.2 Å². The standard InChI is InChI=1S/C9H16INO2/c1-9(2,3)7(10)13-8(12)11-5-4-6-11/h7H,4-6H2,1-3H3. The molecule has 4 heteroatoms. The van der Waals surface area contributed by atoms with Gasteiger partial charge in [0.05, 0.1) is 0 Å². The number of hydrogen-bond acceptors (Lipinski definition) is 2. The molecule has 1 amide bonds. The van der Waals surface area contributed by atoms with Crippen molar-refractivity contribution in [3.8, 4) is 0 Å². The molecule has 1 unspecified atom stereocenters. The first-order chi connectivity index (χ1) is 5.91. The topological polar surface area (TPSA) is 29.5 Å². The van der Waals surface area contributed by atoms with Crippen molar-refractivity contribution in [2.45, 2.75) is 31.3 Å². The van der Waals surface area contributed by atoms with E-state index in [1.54, 1.807) is 4.90 Å². The Morgan fingerprint density at radius 2 is 2.00 bits per heavy atom. The molecule has 13 heavy (non-hydrogen) atoms. The summed E-state index contributed by atoms with van der Waals surface area (Å²) in [5.74, 6) is 0. The van der Waals surface area contributed by atoms with Crippen LogP contribution in [0.4, 0.5) is 4.79 Å². The quantitative estimate of drug-likeness (QED) is 0.550. The third-order valence-corrected chi connectivity index (χ3v) is 4.12. The van der Waals surface area contributed by atoms with Crippen molar-refractivity contribution in [1.29, 1.82) is 0 Å². The first kappa shape index (κ1) is 11.1. The normalized spacial score (nSPS) is 19.2. The van der Waals surface area contributed by atoms with Gasteiger partial charge in [-0.2, -0.15) is 0 Å². The Bertz CT molecular complexity index is 196. The second kappa shape index (κ2) is 4.02. The molecule has 0 N–H and O–H groups in total. The maximum Gasteiger partial charge on any atom is 0.410 e. The fourth-order valence-electron chi connectivity index (χ4n) is 0.839. The second-order valence-corrected chi connectivity index (χ2v) is 5.54. The van der Waals surface area contributed by atoms with E-state index in [0.717, 1.165) is 19.5 Å². The molecule has 0 aromatic carbocycles. The highest BCUT2D eigenvalue weighted by Gasteiger charge is 2.29. The summed E-state index contributed by atoms with van der Waals surface area (Å²) in [6, 6.07) is 0. The van der Waals surface area contributed by atoms with Crippen molar-refractivity contribution in [3.63, 3.8) is 0 Å². The van der Waals surface area contributed by atoms with Gasteiger partial charge in [0.1, 0.15) is 0 Å². The van der Waals surface area contributed by atoms with Gasteiger partial charge >= 0.3 is 6.09 Å². The lowest BCUT2D eigenvalue weighted by atomic mass is 9.99. The van der Waals surface area contributed by atoms with E-state index < -0.39 is 0 Å². The summed E-state index contributed by atoms with van der Waals surface area (Å²) in [6.07, 6.45) is 0.942. The summed E-state index contributed by atoms with van der Waals surface area (Å²) in [6.45, 7) is 7.90. The number of carbonyl (C=O) groups excluding carboxylic acids is 1. The molecule has 0 spiro atoms. The van der Waals surface area contributed by atoms with E-state index in [9.17, 15) is 4.79 Å². The molecule has 1 heterocycles. The van der Waals surface area contributed by atoms with Crippen LogP contribution in [0.15, 0.2) is 0 Å². The molecule has 0 aromatic rings. The molecule has 0 aromatic heterocycles. The van der Waals surface area contributed by atoms with Gasteiger partial charge in [0.2, 0.25) is 0 Å². The van der Waals surface area contributed by atoms with Gasteiger partial charge in [-0.05, 0) is 29.0 Å². The molecule has 0 bridgehead atoms. The summed E-state index contributed by atoms with van der Waals surface area (Å²) in [5, 5.41) is 0. The van der Waals surface area contributed by atoms with Gasteiger partial charge in [0.15, 0.2) is 4.11 Å². The lowest BCUT2D eigenvalue weighted by molar-refractivity contribution is 0.0480. The number of alkyl halides is 1. The average molecular weight is 297 g/mol. The van der Waals surface area contributed by atoms with Gasteiger partial charge in [-0.25, -0.2) is 4.79 Å². The van der Waals surface area contributed by atoms with Crippen molar-refractivity contribution in [1.82, 2.24) is 4.90 Å². The minimum absolute atomic E-state index is 0.0150. The van der Waals surface area contributed by atoms with E-state index in [4.69, 9.17) is 4.74 Å². The predicted octanol–water partition coefficient (Wildman–Crippen LogP) is 2.64. The van der Waals surface area contributed by atoms with Gasteiger partial charge in [0, 0.05) is 18.5 Å². The van der Waals surface area contributed by atoms with E-state index >= 15 is 0 Å². The van der Waals surface area contributed by atoms with Gasteiger partial charge in [0.25, 0.3) is 0 Å². The van der Waals surface area contributed by atoms with Crippen LogP contribution in [0.2, 0.25) is 0 Å². The van der Waals surface area contributed by atoms with Crippen LogP contribution < -0.4 is 0 Å². The average Bonchev–Trinajstić information content (AvgIpc) is 1.79. The zero-order valence-corrected chi connectivity index (χ0v) is 10.5. The fraction of sp³-hybridized carbons (Fsp3) is 0.889. The molecule has 1 rings (SSSR count). The largest absolute Gasteiger partial charge is 0.435 e. The lowest BCUT2D eigenvalue weighted by Gasteiger charge is -2.33. The summed E-state index contributed by atoms with van der Waals surface area (Å²) in [5.41, 5.74) is 0.0150. The first-order valence-electron chi connectivity index (χ1n) is 4.51. The number of likely N-dealkylation sites (tertiary alicyclic amines) is 1. The highest BCUT2D eigenvalue weighted by atomic mass is 127. The summed E-state index contributed by atoms with van der Waals surface area (Å²) < 4.78 is 5.24. The highest BCUT2D eigenvalue weighted by Crippen LogP contribution is 2.28. The smallest absolute Gasteiger partial charge is 0.410 e. The van der Waals surface area contributed by atoms with Crippen LogP contribution in [0.1, 0.15) is 27.2 Å². The minimum Gasteiger partial charge on any atom is -0.435 e. The summed E-state index contributed by atoms with van der Waals surface area (Å²) in [7, 11) is 0. The van der Waals surface area contributed by atoms with Crippen LogP contribution in [0.3, 0.4) is 0 Å². The number of carbonyl (C=O) groups is 1. The van der Waals surface area contributed by atoms with Crippen molar-refractivity contribution >= 4 is 28.7 Å². The molecular weight excluding hydrogens is 281 g/mol. The van der Waals surface area contributed by atoms with Crippen molar-refractivity contribution in [2.75, 3.05) is 13.1 Å². The van der Waals surface area contributed by atoms with Crippen molar-refractivity contribution in [2.24, 2.45) is 5.41 Å². The Morgan fingerprint density at radius 3 is 2.31 bits per heavy atom. The fourth-order valence-corrected chi connectivity index (χ4v) is 1.06. The molecule has 0 aliphatic carbocycles. The summed E-state index contributed by atoms with van der Waals surface area (Å²) in [4.78, 5) is 13.1. The zero-order valence-electron chi connectivity index (χ0n) is 8.34. The van der Waals surface area contributed by atoms with Crippen LogP contribution in [0.5, 0.6) is 0 Å². The molecule has 1 saturated heterocycles. The maximum absolute atomic E-state index is 11.4. The van der Waals surface area contributed by atoms with E-state index in [1.165, 1.54) is 0 Å². The van der Waals surface area contributed by atoms with Gasteiger partial charge in [-0.15, -0.1) is 0 Å². The molecule has 76 valence electrons. The first-order valence-corrected chi connectivity index (χ1v) is 5.75. The van der Waals surface area contributed by atoms with Crippen LogP contribution in [-0.2, 0) is 4.74 Å². The van der Waals surface area contributed by atoms with E-state index in [2.05, 4.69) is 43.4 Å². The van der Waals surface area contributed by atoms with E-state index in [-0.39, 0.29) is 15.6 Å². The number of hydrogen-bond donors (Lipinski definition) is 0. The molecular formula is C9H16INO2. The van der Waals surface area contributed by atoms with Crippen LogP contribution in [0, 0.1) is 5.41 Å². The van der Waals surface area contributed by atoms with Crippen molar-refractivity contribution < 1.29 is 9.53 Å². The van der Waals surface area contributed by atoms with E-state index in [1.807, 2.05) is 0 Å². The zero-order chi connectivity index (χ0) is 10.1. The van der Waals surface area contributed by atoms with Gasteiger partial charge < -0.3 is 9.64 Å². The predicted molar refractivity (Wildman–Crippen MR) is 59.9 cm³/mol. The molecule has 1 fully saturated rings.